The molecule has 0 aromatic carbocycles. The molecular formula is C12H18N4S. The lowest BCUT2D eigenvalue weighted by atomic mass is 10.2. The summed E-state index contributed by atoms with van der Waals surface area (Å²) in [5.74, 6) is 0. The second-order valence-corrected chi connectivity index (χ2v) is 4.94. The first-order chi connectivity index (χ1) is 8.36. The molecule has 0 saturated heterocycles. The number of rotatable bonds is 6. The number of nitrogens with two attached hydrogens (primary N) is 1. The number of thiophene rings is 1. The number of nitrogens with zero attached hydrogens (tertiary/aromatic N) is 3. The first kappa shape index (κ1) is 12.3. The van der Waals surface area contributed by atoms with Crippen molar-refractivity contribution in [3.05, 3.63) is 23.2 Å². The number of hydrogen-bond donors (Lipinski definition) is 1. The Bertz CT molecular complexity index is 447. The van der Waals surface area contributed by atoms with Crippen molar-refractivity contribution in [3.8, 4) is 10.6 Å². The van der Waals surface area contributed by atoms with Crippen LogP contribution in [-0.2, 0) is 13.1 Å². The molecule has 0 aliphatic heterocycles. The van der Waals surface area contributed by atoms with E-state index in [4.69, 9.17) is 5.73 Å². The fraction of sp³-hybridized carbons (Fsp3) is 0.500. The molecule has 4 nitrogen and oxygen atoms in total. The van der Waals surface area contributed by atoms with Crippen molar-refractivity contribution in [2.45, 2.75) is 39.3 Å². The minimum Gasteiger partial charge on any atom is -0.325 e. The summed E-state index contributed by atoms with van der Waals surface area (Å²) in [4.78, 5) is 1.20. The molecule has 2 N–H and O–H groups in total. The van der Waals surface area contributed by atoms with Crippen LogP contribution < -0.4 is 5.73 Å². The Morgan fingerprint density at radius 1 is 1.41 bits per heavy atom. The van der Waals surface area contributed by atoms with Crippen molar-refractivity contribution in [1.82, 2.24) is 15.0 Å². The SMILES string of the molecule is CCCCCn1nnc(CN)c1-c1cccs1. The van der Waals surface area contributed by atoms with Gasteiger partial charge in [-0.15, -0.1) is 16.4 Å². The van der Waals surface area contributed by atoms with Crippen LogP contribution in [0.5, 0.6) is 0 Å². The lowest BCUT2D eigenvalue weighted by molar-refractivity contribution is 0.542. The van der Waals surface area contributed by atoms with Gasteiger partial charge in [0.15, 0.2) is 0 Å². The molecule has 0 radical (unpaired) electrons. The molecule has 5 heteroatoms. The van der Waals surface area contributed by atoms with Crippen LogP contribution in [0.25, 0.3) is 10.6 Å². The third-order valence-corrected chi connectivity index (χ3v) is 3.60. The quantitative estimate of drug-likeness (QED) is 0.802. The molecular weight excluding hydrogens is 232 g/mol. The van der Waals surface area contributed by atoms with E-state index in [0.717, 1.165) is 24.4 Å². The summed E-state index contributed by atoms with van der Waals surface area (Å²) in [6.07, 6.45) is 3.58. The van der Waals surface area contributed by atoms with E-state index in [9.17, 15) is 0 Å². The molecule has 2 heterocycles. The molecule has 2 aromatic rings. The summed E-state index contributed by atoms with van der Waals surface area (Å²) in [6, 6.07) is 4.14. The zero-order valence-electron chi connectivity index (χ0n) is 10.1. The highest BCUT2D eigenvalue weighted by Crippen LogP contribution is 2.27. The van der Waals surface area contributed by atoms with Gasteiger partial charge < -0.3 is 5.73 Å². The molecule has 2 aromatic heterocycles. The summed E-state index contributed by atoms with van der Waals surface area (Å²) in [7, 11) is 0. The van der Waals surface area contributed by atoms with Crippen molar-refractivity contribution in [1.29, 1.82) is 0 Å². The van der Waals surface area contributed by atoms with Gasteiger partial charge in [-0.3, -0.25) is 0 Å². The third-order valence-electron chi connectivity index (χ3n) is 2.73. The maximum absolute atomic E-state index is 5.71. The fourth-order valence-corrected chi connectivity index (χ4v) is 2.63. The summed E-state index contributed by atoms with van der Waals surface area (Å²) >= 11 is 1.71. The van der Waals surface area contributed by atoms with Crippen LogP contribution in [0.4, 0.5) is 0 Å². The molecule has 0 fully saturated rings. The van der Waals surface area contributed by atoms with Gasteiger partial charge in [0, 0.05) is 13.1 Å². The average Bonchev–Trinajstić information content (AvgIpc) is 2.96. The molecule has 92 valence electrons. The summed E-state index contributed by atoms with van der Waals surface area (Å²) in [5.41, 5.74) is 7.70. The molecule has 0 unspecified atom stereocenters. The average molecular weight is 250 g/mol. The zero-order chi connectivity index (χ0) is 12.1. The Labute approximate surface area is 105 Å². The van der Waals surface area contributed by atoms with Crippen molar-refractivity contribution in [2.24, 2.45) is 5.73 Å². The normalized spacial score (nSPS) is 10.9. The van der Waals surface area contributed by atoms with Gasteiger partial charge in [0.25, 0.3) is 0 Å². The molecule has 0 bridgehead atoms. The van der Waals surface area contributed by atoms with E-state index in [2.05, 4.69) is 28.7 Å². The van der Waals surface area contributed by atoms with Gasteiger partial charge in [-0.05, 0) is 17.9 Å². The second kappa shape index (κ2) is 5.93. The van der Waals surface area contributed by atoms with Crippen molar-refractivity contribution in [2.75, 3.05) is 0 Å². The van der Waals surface area contributed by atoms with Crippen molar-refractivity contribution >= 4 is 11.3 Å². The highest BCUT2D eigenvalue weighted by atomic mass is 32.1. The highest BCUT2D eigenvalue weighted by Gasteiger charge is 2.14. The second-order valence-electron chi connectivity index (χ2n) is 4.00. The van der Waals surface area contributed by atoms with Crippen LogP contribution in [0.2, 0.25) is 0 Å². The molecule has 17 heavy (non-hydrogen) atoms. The molecule has 0 aliphatic rings. The van der Waals surface area contributed by atoms with Gasteiger partial charge in [0.05, 0.1) is 4.88 Å². The predicted octanol–water partition coefficient (Wildman–Crippen LogP) is 2.66. The Kier molecular flexibility index (Phi) is 4.28. The lowest BCUT2D eigenvalue weighted by Crippen LogP contribution is -2.04. The highest BCUT2D eigenvalue weighted by molar-refractivity contribution is 7.13. The standard InChI is InChI=1S/C12H18N4S/c1-2-3-4-7-16-12(10(9-13)14-15-16)11-6-5-8-17-11/h5-6,8H,2-4,7,9,13H2,1H3. The van der Waals surface area contributed by atoms with Gasteiger partial charge in [-0.25, -0.2) is 4.68 Å². The molecule has 0 aliphatic carbocycles. The molecule has 0 spiro atoms. The molecule has 0 amide bonds. The Balaban J connectivity index is 2.24. The number of hydrogen-bond acceptors (Lipinski definition) is 4. The van der Waals surface area contributed by atoms with Crippen LogP contribution >= 0.6 is 11.3 Å². The minimum absolute atomic E-state index is 0.445. The molecule has 2 rings (SSSR count). The lowest BCUT2D eigenvalue weighted by Gasteiger charge is -2.05. The van der Waals surface area contributed by atoms with Gasteiger partial charge in [-0.2, -0.15) is 0 Å². The first-order valence-corrected chi connectivity index (χ1v) is 6.91. The maximum Gasteiger partial charge on any atom is 0.105 e. The minimum atomic E-state index is 0.445. The van der Waals surface area contributed by atoms with Gasteiger partial charge >= 0.3 is 0 Å². The number of aromatic nitrogens is 3. The van der Waals surface area contributed by atoms with E-state index in [1.165, 1.54) is 17.7 Å². The number of aryl methyl sites for hydroxylation is 1. The topological polar surface area (TPSA) is 56.7 Å². The third kappa shape index (κ3) is 2.73. The first-order valence-electron chi connectivity index (χ1n) is 6.03. The largest absolute Gasteiger partial charge is 0.325 e. The van der Waals surface area contributed by atoms with E-state index in [1.807, 2.05) is 10.7 Å². The summed E-state index contributed by atoms with van der Waals surface area (Å²) in [6.45, 7) is 3.57. The summed E-state index contributed by atoms with van der Waals surface area (Å²) < 4.78 is 1.99. The molecule has 0 saturated carbocycles. The molecule has 0 atom stereocenters. The van der Waals surface area contributed by atoms with Crippen LogP contribution in [0.3, 0.4) is 0 Å². The van der Waals surface area contributed by atoms with E-state index >= 15 is 0 Å². The van der Waals surface area contributed by atoms with E-state index < -0.39 is 0 Å². The smallest absolute Gasteiger partial charge is 0.105 e. The van der Waals surface area contributed by atoms with Gasteiger partial charge in [-0.1, -0.05) is 31.0 Å². The van der Waals surface area contributed by atoms with Gasteiger partial charge in [0.1, 0.15) is 11.4 Å². The van der Waals surface area contributed by atoms with E-state index in [0.29, 0.717) is 6.54 Å². The number of unbranched alkanes of at least 4 members (excludes halogenated alkanes) is 2. The van der Waals surface area contributed by atoms with Crippen molar-refractivity contribution < 1.29 is 0 Å². The Hall–Kier alpha value is -1.20. The predicted molar refractivity (Wildman–Crippen MR) is 70.8 cm³/mol. The van der Waals surface area contributed by atoms with E-state index in [1.54, 1.807) is 11.3 Å². The van der Waals surface area contributed by atoms with Crippen LogP contribution in [0.1, 0.15) is 31.9 Å². The van der Waals surface area contributed by atoms with Crippen LogP contribution in [0, 0.1) is 0 Å². The van der Waals surface area contributed by atoms with Crippen LogP contribution in [0.15, 0.2) is 17.5 Å². The Morgan fingerprint density at radius 2 is 2.29 bits per heavy atom. The summed E-state index contributed by atoms with van der Waals surface area (Å²) in [5, 5.41) is 10.4. The van der Waals surface area contributed by atoms with E-state index in [-0.39, 0.29) is 0 Å². The monoisotopic (exact) mass is 250 g/mol. The van der Waals surface area contributed by atoms with Crippen LogP contribution in [-0.4, -0.2) is 15.0 Å². The zero-order valence-corrected chi connectivity index (χ0v) is 10.9. The maximum atomic E-state index is 5.71. The fourth-order valence-electron chi connectivity index (χ4n) is 1.84. The Morgan fingerprint density at radius 3 is 2.94 bits per heavy atom. The van der Waals surface area contributed by atoms with Gasteiger partial charge in [0.2, 0.25) is 0 Å². The van der Waals surface area contributed by atoms with Crippen molar-refractivity contribution in [3.63, 3.8) is 0 Å².